The fourth-order valence-electron chi connectivity index (χ4n) is 5.95. The summed E-state index contributed by atoms with van der Waals surface area (Å²) in [5.74, 6) is 1.66. The number of hydrogen-bond donors (Lipinski definition) is 0. The van der Waals surface area contributed by atoms with E-state index in [2.05, 4.69) is 50.0 Å². The highest BCUT2D eigenvalue weighted by Crippen LogP contribution is 2.35. The number of ether oxygens (including phenoxy) is 3. The molecule has 0 unspecified atom stereocenters. The average Bonchev–Trinajstić information content (AvgIpc) is 3.76. The average molecular weight is 479 g/mol. The first-order chi connectivity index (χ1) is 17.2. The van der Waals surface area contributed by atoms with Crippen molar-refractivity contribution in [2.24, 2.45) is 0 Å². The Balaban J connectivity index is 1.01. The van der Waals surface area contributed by atoms with Gasteiger partial charge in [0.25, 0.3) is 0 Å². The number of anilines is 2. The molecule has 0 radical (unpaired) electrons. The van der Waals surface area contributed by atoms with E-state index in [-0.39, 0.29) is 5.60 Å². The largest absolute Gasteiger partial charge is 0.490 e. The van der Waals surface area contributed by atoms with E-state index >= 15 is 0 Å². The summed E-state index contributed by atoms with van der Waals surface area (Å²) >= 11 is 0. The van der Waals surface area contributed by atoms with Crippen molar-refractivity contribution in [3.8, 4) is 11.6 Å². The van der Waals surface area contributed by atoms with E-state index in [9.17, 15) is 0 Å². The van der Waals surface area contributed by atoms with E-state index in [1.807, 2.05) is 12.3 Å². The lowest BCUT2D eigenvalue weighted by Gasteiger charge is -2.48. The van der Waals surface area contributed by atoms with Crippen LogP contribution in [0.2, 0.25) is 0 Å². The summed E-state index contributed by atoms with van der Waals surface area (Å²) in [7, 11) is 1.65. The van der Waals surface area contributed by atoms with Gasteiger partial charge < -0.3 is 28.9 Å². The van der Waals surface area contributed by atoms with Crippen LogP contribution in [-0.2, 0) is 4.74 Å². The number of aromatic nitrogens is 1. The van der Waals surface area contributed by atoms with Crippen LogP contribution in [0.3, 0.4) is 0 Å². The zero-order valence-electron chi connectivity index (χ0n) is 20.9. The molecule has 0 amide bonds. The van der Waals surface area contributed by atoms with Gasteiger partial charge in [-0.1, -0.05) is 0 Å². The number of nitrogens with zero attached hydrogens (tertiary/aromatic N) is 4. The molecule has 2 aromatic rings. The van der Waals surface area contributed by atoms with Gasteiger partial charge in [0.15, 0.2) is 0 Å². The van der Waals surface area contributed by atoms with Gasteiger partial charge in [-0.15, -0.1) is 0 Å². The van der Waals surface area contributed by atoms with Gasteiger partial charge in [-0.05, 0) is 68.9 Å². The van der Waals surface area contributed by atoms with Crippen LogP contribution in [0.1, 0.15) is 38.5 Å². The molecule has 4 fully saturated rings. The number of likely N-dealkylation sites (tertiary alicyclic amines) is 1. The smallest absolute Gasteiger partial charge is 0.213 e. The van der Waals surface area contributed by atoms with Crippen LogP contribution in [0.5, 0.6) is 11.6 Å². The minimum Gasteiger partial charge on any atom is -0.490 e. The summed E-state index contributed by atoms with van der Waals surface area (Å²) in [5.41, 5.74) is 2.35. The van der Waals surface area contributed by atoms with E-state index in [1.54, 1.807) is 7.11 Å². The van der Waals surface area contributed by atoms with E-state index in [4.69, 9.17) is 14.2 Å². The molecule has 0 bridgehead atoms. The molecule has 35 heavy (non-hydrogen) atoms. The zero-order chi connectivity index (χ0) is 23.7. The first-order valence-corrected chi connectivity index (χ1v) is 13.3. The van der Waals surface area contributed by atoms with Gasteiger partial charge in [-0.2, -0.15) is 0 Å². The normalized spacial score (nSPS) is 23.5. The third-order valence-corrected chi connectivity index (χ3v) is 8.26. The SMILES string of the molecule is COc1ccc(N2CCOC3(CCN(c4ccc(OC5CCN(C6CC6)CC5)cc4)CC3)C2)cn1. The van der Waals surface area contributed by atoms with Crippen LogP contribution in [0.25, 0.3) is 0 Å². The molecule has 1 saturated carbocycles. The van der Waals surface area contributed by atoms with Gasteiger partial charge in [-0.3, -0.25) is 0 Å². The third kappa shape index (κ3) is 5.21. The Morgan fingerprint density at radius 2 is 1.60 bits per heavy atom. The van der Waals surface area contributed by atoms with Gasteiger partial charge in [0.2, 0.25) is 5.88 Å². The molecule has 6 rings (SSSR count). The lowest BCUT2D eigenvalue weighted by Crippen LogP contribution is -2.57. The van der Waals surface area contributed by atoms with Crippen LogP contribution in [0.4, 0.5) is 11.4 Å². The maximum Gasteiger partial charge on any atom is 0.213 e. The highest BCUT2D eigenvalue weighted by Gasteiger charge is 2.40. The van der Waals surface area contributed by atoms with Crippen molar-refractivity contribution < 1.29 is 14.2 Å². The van der Waals surface area contributed by atoms with Gasteiger partial charge in [0, 0.05) is 57.1 Å². The summed E-state index contributed by atoms with van der Waals surface area (Å²) in [5, 5.41) is 0. The van der Waals surface area contributed by atoms with Crippen molar-refractivity contribution >= 4 is 11.4 Å². The number of methoxy groups -OCH3 is 1. The predicted octanol–water partition coefficient (Wildman–Crippen LogP) is 3.97. The van der Waals surface area contributed by atoms with E-state index in [1.165, 1.54) is 31.6 Å². The Labute approximate surface area is 209 Å². The standard InChI is InChI=1S/C28H38N4O3/c1-33-27-9-6-24(20-29-27)32-18-19-34-28(21-32)12-16-31(17-13-28)23-4-7-25(8-5-23)35-26-10-14-30(15-11-26)22-2-3-22/h4-9,20,22,26H,2-3,10-19,21H2,1H3. The Morgan fingerprint density at radius 3 is 2.26 bits per heavy atom. The molecule has 3 aliphatic heterocycles. The van der Waals surface area contributed by atoms with Crippen molar-refractivity contribution in [2.75, 3.05) is 62.8 Å². The van der Waals surface area contributed by atoms with E-state index < -0.39 is 0 Å². The Bertz CT molecular complexity index is 963. The summed E-state index contributed by atoms with van der Waals surface area (Å²) < 4.78 is 17.9. The fourth-order valence-corrected chi connectivity index (χ4v) is 5.95. The van der Waals surface area contributed by atoms with Crippen molar-refractivity contribution in [1.82, 2.24) is 9.88 Å². The number of morpholine rings is 1. The molecular weight excluding hydrogens is 440 g/mol. The van der Waals surface area contributed by atoms with Gasteiger partial charge in [0.05, 0.1) is 31.2 Å². The molecule has 1 aliphatic carbocycles. The number of rotatable bonds is 6. The summed E-state index contributed by atoms with van der Waals surface area (Å²) in [4.78, 5) is 11.9. The molecule has 1 spiro atoms. The zero-order valence-corrected chi connectivity index (χ0v) is 20.9. The quantitative estimate of drug-likeness (QED) is 0.623. The highest BCUT2D eigenvalue weighted by molar-refractivity contribution is 5.50. The van der Waals surface area contributed by atoms with Gasteiger partial charge >= 0.3 is 0 Å². The van der Waals surface area contributed by atoms with E-state index in [0.717, 1.165) is 75.9 Å². The first-order valence-electron chi connectivity index (χ1n) is 13.3. The molecule has 188 valence electrons. The fraction of sp³-hybridized carbons (Fsp3) is 0.607. The summed E-state index contributed by atoms with van der Waals surface area (Å²) in [6.07, 6.45) is 9.43. The van der Waals surface area contributed by atoms with Crippen molar-refractivity contribution in [3.63, 3.8) is 0 Å². The van der Waals surface area contributed by atoms with Crippen LogP contribution in [0.15, 0.2) is 42.6 Å². The molecule has 0 N–H and O–H groups in total. The minimum absolute atomic E-state index is 0.0763. The molecule has 0 atom stereocenters. The second kappa shape index (κ2) is 9.86. The maximum absolute atomic E-state index is 6.38. The summed E-state index contributed by atoms with van der Waals surface area (Å²) in [6.45, 7) is 6.98. The highest BCUT2D eigenvalue weighted by atomic mass is 16.5. The topological polar surface area (TPSA) is 50.3 Å². The maximum atomic E-state index is 6.38. The number of pyridine rings is 1. The second-order valence-electron chi connectivity index (χ2n) is 10.6. The lowest BCUT2D eigenvalue weighted by atomic mass is 9.89. The van der Waals surface area contributed by atoms with Crippen LogP contribution < -0.4 is 19.3 Å². The van der Waals surface area contributed by atoms with Gasteiger partial charge in [0.1, 0.15) is 11.9 Å². The van der Waals surface area contributed by atoms with Crippen LogP contribution in [-0.4, -0.2) is 80.6 Å². The number of benzene rings is 1. The molecule has 7 heteroatoms. The summed E-state index contributed by atoms with van der Waals surface area (Å²) in [6, 6.07) is 13.7. The predicted molar refractivity (Wildman–Crippen MR) is 138 cm³/mol. The second-order valence-corrected chi connectivity index (χ2v) is 10.6. The molecule has 1 aromatic heterocycles. The van der Waals surface area contributed by atoms with Crippen LogP contribution >= 0.6 is 0 Å². The monoisotopic (exact) mass is 478 g/mol. The van der Waals surface area contributed by atoms with Crippen molar-refractivity contribution in [2.45, 2.75) is 56.3 Å². The Hall–Kier alpha value is -2.51. The molecular formula is C28H38N4O3. The molecule has 4 aliphatic rings. The first kappa shape index (κ1) is 22.9. The molecule has 1 aromatic carbocycles. The number of piperidine rings is 2. The van der Waals surface area contributed by atoms with E-state index in [0.29, 0.717) is 12.0 Å². The Morgan fingerprint density at radius 1 is 0.857 bits per heavy atom. The molecule has 3 saturated heterocycles. The molecule has 7 nitrogen and oxygen atoms in total. The Kier molecular flexibility index (Phi) is 6.46. The van der Waals surface area contributed by atoms with Crippen molar-refractivity contribution in [3.05, 3.63) is 42.6 Å². The minimum atomic E-state index is -0.0763. The van der Waals surface area contributed by atoms with Gasteiger partial charge in [-0.25, -0.2) is 4.98 Å². The van der Waals surface area contributed by atoms with Crippen LogP contribution in [0, 0.1) is 0 Å². The lowest BCUT2D eigenvalue weighted by molar-refractivity contribution is -0.0704. The van der Waals surface area contributed by atoms with Crippen molar-refractivity contribution in [1.29, 1.82) is 0 Å². The third-order valence-electron chi connectivity index (χ3n) is 8.26. The number of hydrogen-bond acceptors (Lipinski definition) is 7. The molecule has 4 heterocycles.